The molecule has 2 N–H and O–H groups in total. The van der Waals surface area contributed by atoms with Gasteiger partial charge in [-0.2, -0.15) is 22.7 Å². The van der Waals surface area contributed by atoms with Crippen LogP contribution < -0.4 is 15.8 Å². The first-order valence-electron chi connectivity index (χ1n) is 15.5. The van der Waals surface area contributed by atoms with E-state index in [-0.39, 0.29) is 78.5 Å². The summed E-state index contributed by atoms with van der Waals surface area (Å²) < 4.78 is 47.9. The minimum absolute atomic E-state index is 0.00574. The van der Waals surface area contributed by atoms with Crippen LogP contribution in [0.4, 0.5) is 24.5 Å². The third-order valence-electron chi connectivity index (χ3n) is 8.23. The lowest BCUT2D eigenvalue weighted by atomic mass is 10.2. The summed E-state index contributed by atoms with van der Waals surface area (Å²) >= 11 is 5.97. The number of aromatic nitrogens is 6. The lowest BCUT2D eigenvalue weighted by molar-refractivity contribution is -0.141. The zero-order chi connectivity index (χ0) is 35.0. The van der Waals surface area contributed by atoms with Crippen LogP contribution in [-0.4, -0.2) is 83.7 Å². The molecule has 0 aromatic carbocycles. The number of anilines is 2. The van der Waals surface area contributed by atoms with Crippen molar-refractivity contribution in [2.75, 3.05) is 43.0 Å². The number of carbonyl (C=O) groups is 2. The highest BCUT2D eigenvalue weighted by molar-refractivity contribution is 6.32. The summed E-state index contributed by atoms with van der Waals surface area (Å²) in [5, 5.41) is 17.4. The molecule has 258 valence electrons. The first kappa shape index (κ1) is 33.7. The Bertz CT molecular complexity index is 2040. The molecule has 1 fully saturated rings. The lowest BCUT2D eigenvalue weighted by Crippen LogP contribution is -2.51. The Morgan fingerprint density at radius 3 is 2.53 bits per heavy atom. The number of fused-ring (bicyclic) bond motifs is 1. The lowest BCUT2D eigenvalue weighted by Gasteiger charge is -2.36. The number of nitrogens with zero attached hydrogens (tertiary/aromatic N) is 8. The van der Waals surface area contributed by atoms with Crippen molar-refractivity contribution in [2.45, 2.75) is 45.8 Å². The summed E-state index contributed by atoms with van der Waals surface area (Å²) in [6.45, 7) is 4.05. The fourth-order valence-corrected chi connectivity index (χ4v) is 5.95. The van der Waals surface area contributed by atoms with Crippen molar-refractivity contribution < 1.29 is 32.6 Å². The number of allylic oxidation sites excluding steroid dienone is 1. The van der Waals surface area contributed by atoms with E-state index in [1.807, 2.05) is 13.0 Å². The molecule has 0 spiro atoms. The van der Waals surface area contributed by atoms with Crippen LogP contribution in [0.3, 0.4) is 0 Å². The van der Waals surface area contributed by atoms with Gasteiger partial charge in [0.15, 0.2) is 17.2 Å². The number of ether oxygens (including phenoxy) is 1. The SMILES string of the molecule is CCc1c(N2CCN(C(=O)c3nccc(Cl)c3O)CC2)c(=O)n2nc(C3=CCCCO3)nc2n1CC(=O)Nc1ccc(C(F)(F)F)nc1C. The molecule has 2 amide bonds. The summed E-state index contributed by atoms with van der Waals surface area (Å²) in [5.74, 6) is -0.895. The Labute approximate surface area is 281 Å². The number of aryl methyl sites for hydroxylation is 1. The number of carbonyl (C=O) groups excluding carboxylic acids is 2. The maximum atomic E-state index is 14.1. The van der Waals surface area contributed by atoms with Crippen molar-refractivity contribution in [1.29, 1.82) is 0 Å². The van der Waals surface area contributed by atoms with Gasteiger partial charge in [0.1, 0.15) is 17.9 Å². The Hall–Kier alpha value is -5.19. The van der Waals surface area contributed by atoms with Gasteiger partial charge in [0.25, 0.3) is 11.5 Å². The minimum atomic E-state index is -4.64. The monoisotopic (exact) mass is 701 g/mol. The number of pyridine rings is 2. The van der Waals surface area contributed by atoms with Gasteiger partial charge in [-0.3, -0.25) is 14.4 Å². The fourth-order valence-electron chi connectivity index (χ4n) is 5.80. The third kappa shape index (κ3) is 6.62. The molecule has 0 unspecified atom stereocenters. The number of hydrogen-bond acceptors (Lipinski definition) is 10. The van der Waals surface area contributed by atoms with Gasteiger partial charge in [-0.25, -0.2) is 9.97 Å². The van der Waals surface area contributed by atoms with Gasteiger partial charge >= 0.3 is 6.18 Å². The van der Waals surface area contributed by atoms with E-state index in [9.17, 15) is 32.7 Å². The smallest absolute Gasteiger partial charge is 0.433 e. The summed E-state index contributed by atoms with van der Waals surface area (Å²) in [6.07, 6.45) is 0.337. The second-order valence-corrected chi connectivity index (χ2v) is 11.8. The molecule has 6 rings (SSSR count). The summed E-state index contributed by atoms with van der Waals surface area (Å²) in [7, 11) is 0. The Morgan fingerprint density at radius 1 is 1.12 bits per heavy atom. The van der Waals surface area contributed by atoms with Crippen molar-refractivity contribution in [1.82, 2.24) is 34.0 Å². The van der Waals surface area contributed by atoms with Crippen molar-refractivity contribution in [3.8, 4) is 5.75 Å². The molecule has 18 heteroatoms. The van der Waals surface area contributed by atoms with Gasteiger partial charge in [-0.1, -0.05) is 18.5 Å². The maximum Gasteiger partial charge on any atom is 0.433 e. The number of hydrogen-bond donors (Lipinski definition) is 2. The number of alkyl halides is 3. The molecular weight excluding hydrogens is 671 g/mol. The topological polar surface area (TPSA) is 160 Å². The number of rotatable bonds is 7. The average Bonchev–Trinajstić information content (AvgIpc) is 3.54. The molecule has 49 heavy (non-hydrogen) atoms. The van der Waals surface area contributed by atoms with Gasteiger partial charge < -0.3 is 29.5 Å². The highest BCUT2D eigenvalue weighted by Gasteiger charge is 2.33. The molecule has 4 aromatic heterocycles. The van der Waals surface area contributed by atoms with E-state index in [1.54, 1.807) is 9.47 Å². The van der Waals surface area contributed by atoms with Crippen molar-refractivity contribution in [2.24, 2.45) is 0 Å². The molecule has 2 aliphatic rings. The van der Waals surface area contributed by atoms with E-state index < -0.39 is 35.0 Å². The van der Waals surface area contributed by atoms with Crippen LogP contribution in [0.1, 0.15) is 53.2 Å². The average molecular weight is 702 g/mol. The molecule has 1 saturated heterocycles. The van der Waals surface area contributed by atoms with Crippen LogP contribution in [0.15, 0.2) is 35.3 Å². The molecule has 0 atom stereocenters. The molecule has 4 aromatic rings. The predicted octanol–water partition coefficient (Wildman–Crippen LogP) is 3.68. The molecule has 14 nitrogen and oxygen atoms in total. The predicted molar refractivity (Wildman–Crippen MR) is 171 cm³/mol. The Balaban J connectivity index is 1.35. The van der Waals surface area contributed by atoms with Crippen molar-refractivity contribution in [3.05, 3.63) is 74.4 Å². The number of piperazine rings is 1. The largest absolute Gasteiger partial charge is 0.504 e. The van der Waals surface area contributed by atoms with Crippen LogP contribution in [-0.2, 0) is 28.7 Å². The van der Waals surface area contributed by atoms with Crippen LogP contribution >= 0.6 is 11.6 Å². The zero-order valence-electron chi connectivity index (χ0n) is 26.4. The molecule has 0 saturated carbocycles. The van der Waals surface area contributed by atoms with Gasteiger partial charge in [-0.05, 0) is 50.5 Å². The minimum Gasteiger partial charge on any atom is -0.504 e. The van der Waals surface area contributed by atoms with E-state index in [0.717, 1.165) is 29.5 Å². The Kier molecular flexibility index (Phi) is 9.20. The van der Waals surface area contributed by atoms with Crippen LogP contribution in [0.2, 0.25) is 5.02 Å². The second kappa shape index (κ2) is 13.4. The van der Waals surface area contributed by atoms with Gasteiger partial charge in [0.05, 0.1) is 28.7 Å². The molecule has 0 aliphatic carbocycles. The van der Waals surface area contributed by atoms with Crippen molar-refractivity contribution in [3.63, 3.8) is 0 Å². The van der Waals surface area contributed by atoms with Gasteiger partial charge in [0.2, 0.25) is 17.5 Å². The second-order valence-electron chi connectivity index (χ2n) is 11.4. The van der Waals surface area contributed by atoms with E-state index >= 15 is 0 Å². The third-order valence-corrected chi connectivity index (χ3v) is 8.53. The summed E-state index contributed by atoms with van der Waals surface area (Å²) in [6, 6.07) is 3.29. The number of nitrogens with one attached hydrogen (secondary N) is 1. The van der Waals surface area contributed by atoms with E-state index in [2.05, 4.69) is 25.4 Å². The standard InChI is InChI=1S/C31H31ClF3N9O5/c1-3-20-25(41-11-13-42(14-12-41)28(47)24-26(46)18(32)9-10-36-24)29(48)44-30(39-27(40-44)21-6-4-5-15-49-21)43(20)16-23(45)38-19-7-8-22(31(33,34)35)37-17(19)2/h6-10,46H,3-5,11-16H2,1-2H3,(H,38,45). The molecular formula is C31H31ClF3N9O5. The molecule has 0 radical (unpaired) electrons. The van der Waals surface area contributed by atoms with Crippen LogP contribution in [0, 0.1) is 6.92 Å². The summed E-state index contributed by atoms with van der Waals surface area (Å²) in [4.78, 5) is 56.2. The highest BCUT2D eigenvalue weighted by Crippen LogP contribution is 2.30. The molecule has 6 heterocycles. The van der Waals surface area contributed by atoms with E-state index in [4.69, 9.17) is 16.3 Å². The van der Waals surface area contributed by atoms with Crippen LogP contribution in [0.5, 0.6) is 5.75 Å². The van der Waals surface area contributed by atoms with E-state index in [1.165, 1.54) is 24.1 Å². The Morgan fingerprint density at radius 2 is 1.88 bits per heavy atom. The normalized spacial score (nSPS) is 15.3. The van der Waals surface area contributed by atoms with Gasteiger partial charge in [0, 0.05) is 32.4 Å². The van der Waals surface area contributed by atoms with Crippen LogP contribution in [0.25, 0.3) is 11.5 Å². The first-order valence-corrected chi connectivity index (χ1v) is 15.8. The maximum absolute atomic E-state index is 14.1. The quantitative estimate of drug-likeness (QED) is 0.291. The van der Waals surface area contributed by atoms with E-state index in [0.29, 0.717) is 18.1 Å². The first-order chi connectivity index (χ1) is 23.4. The number of aromatic hydroxyl groups is 1. The zero-order valence-corrected chi connectivity index (χ0v) is 27.2. The summed E-state index contributed by atoms with van der Waals surface area (Å²) in [5.41, 5.74) is -0.974. The number of halogens is 4. The highest BCUT2D eigenvalue weighted by atomic mass is 35.5. The molecule has 2 aliphatic heterocycles. The fraction of sp³-hybridized carbons (Fsp3) is 0.387. The van der Waals surface area contributed by atoms with Gasteiger partial charge in [-0.15, -0.1) is 5.10 Å². The molecule has 0 bridgehead atoms. The number of amides is 2. The van der Waals surface area contributed by atoms with Crippen molar-refractivity contribution >= 4 is 46.3 Å².